The monoisotopic (exact) mass is 243 g/mol. The smallest absolute Gasteiger partial charge is 0.224 e. The van der Waals surface area contributed by atoms with Crippen molar-refractivity contribution < 1.29 is 9.18 Å². The number of hydrogen-bond donors (Lipinski definition) is 1. The Morgan fingerprint density at radius 2 is 2.19 bits per heavy atom. The first-order chi connectivity index (χ1) is 7.63. The summed E-state index contributed by atoms with van der Waals surface area (Å²) < 4.78 is 13.4. The fraction of sp³-hybridized carbons (Fsp3) is 0.417. The van der Waals surface area contributed by atoms with Gasteiger partial charge in [-0.3, -0.25) is 4.79 Å². The third kappa shape index (κ3) is 4.19. The molecule has 88 valence electrons. The van der Waals surface area contributed by atoms with E-state index >= 15 is 0 Å². The van der Waals surface area contributed by atoms with E-state index in [1.807, 2.05) is 0 Å². The van der Waals surface area contributed by atoms with Gasteiger partial charge in [-0.15, -0.1) is 11.6 Å². The van der Waals surface area contributed by atoms with E-state index in [1.165, 1.54) is 6.07 Å². The summed E-state index contributed by atoms with van der Waals surface area (Å²) in [5.41, 5.74) is 1.07. The van der Waals surface area contributed by atoms with Crippen LogP contribution in [0.4, 0.5) is 10.1 Å². The van der Waals surface area contributed by atoms with Crippen LogP contribution in [-0.2, 0) is 4.79 Å². The first-order valence-electron chi connectivity index (χ1n) is 5.25. The molecule has 0 heterocycles. The third-order valence-corrected chi connectivity index (χ3v) is 2.45. The van der Waals surface area contributed by atoms with Crippen LogP contribution in [0, 0.1) is 12.7 Å². The summed E-state index contributed by atoms with van der Waals surface area (Å²) in [6.45, 7) is 1.80. The fourth-order valence-electron chi connectivity index (χ4n) is 1.31. The van der Waals surface area contributed by atoms with Crippen LogP contribution in [0.3, 0.4) is 0 Å². The number of alkyl halides is 1. The summed E-state index contributed by atoms with van der Waals surface area (Å²) in [4.78, 5) is 11.4. The van der Waals surface area contributed by atoms with Crippen molar-refractivity contribution in [1.29, 1.82) is 0 Å². The molecule has 0 aliphatic heterocycles. The van der Waals surface area contributed by atoms with Crippen molar-refractivity contribution in [3.8, 4) is 0 Å². The average molecular weight is 244 g/mol. The van der Waals surface area contributed by atoms with Gasteiger partial charge in [0.25, 0.3) is 0 Å². The lowest BCUT2D eigenvalue weighted by molar-refractivity contribution is -0.116. The summed E-state index contributed by atoms with van der Waals surface area (Å²) in [5.74, 6) is -0.0230. The zero-order valence-electron chi connectivity index (χ0n) is 9.22. The van der Waals surface area contributed by atoms with Crippen molar-refractivity contribution in [2.75, 3.05) is 11.2 Å². The molecule has 0 saturated carbocycles. The van der Waals surface area contributed by atoms with E-state index in [2.05, 4.69) is 5.32 Å². The second-order valence-electron chi connectivity index (χ2n) is 3.68. The Morgan fingerprint density at radius 3 is 2.81 bits per heavy atom. The lowest BCUT2D eigenvalue weighted by Gasteiger charge is -2.06. The largest absolute Gasteiger partial charge is 0.324 e. The Balaban J connectivity index is 2.49. The predicted molar refractivity (Wildman–Crippen MR) is 64.3 cm³/mol. The third-order valence-electron chi connectivity index (χ3n) is 2.19. The number of benzene rings is 1. The summed E-state index contributed by atoms with van der Waals surface area (Å²) >= 11 is 5.50. The van der Waals surface area contributed by atoms with Gasteiger partial charge < -0.3 is 5.32 Å². The molecule has 1 rings (SSSR count). The number of halogens is 2. The molecule has 0 aliphatic rings. The SMILES string of the molecule is Cc1ccc(NC(=O)CCCCCl)c(F)c1. The van der Waals surface area contributed by atoms with Crippen LogP contribution < -0.4 is 5.32 Å². The quantitative estimate of drug-likeness (QED) is 0.623. The van der Waals surface area contributed by atoms with Gasteiger partial charge in [-0.25, -0.2) is 4.39 Å². The molecule has 2 nitrogen and oxygen atoms in total. The highest BCUT2D eigenvalue weighted by Crippen LogP contribution is 2.15. The highest BCUT2D eigenvalue weighted by molar-refractivity contribution is 6.17. The number of unbranched alkanes of at least 4 members (excludes halogenated alkanes) is 1. The van der Waals surface area contributed by atoms with Gasteiger partial charge in [0.05, 0.1) is 5.69 Å². The Hall–Kier alpha value is -1.09. The summed E-state index contributed by atoms with van der Waals surface area (Å²) in [6.07, 6.45) is 1.90. The highest BCUT2D eigenvalue weighted by Gasteiger charge is 2.06. The molecule has 0 bridgehead atoms. The van der Waals surface area contributed by atoms with Crippen LogP contribution in [-0.4, -0.2) is 11.8 Å². The number of nitrogens with one attached hydrogen (secondary N) is 1. The van der Waals surface area contributed by atoms with E-state index in [0.29, 0.717) is 12.3 Å². The van der Waals surface area contributed by atoms with E-state index < -0.39 is 5.82 Å². The molecule has 0 unspecified atom stereocenters. The average Bonchev–Trinajstić information content (AvgIpc) is 2.23. The number of carbonyl (C=O) groups is 1. The highest BCUT2D eigenvalue weighted by atomic mass is 35.5. The van der Waals surface area contributed by atoms with Gasteiger partial charge in [-0.1, -0.05) is 6.07 Å². The molecular formula is C12H15ClFNO. The normalized spacial score (nSPS) is 10.2. The summed E-state index contributed by atoms with van der Waals surface area (Å²) in [5, 5.41) is 2.54. The van der Waals surface area contributed by atoms with Crippen LogP contribution >= 0.6 is 11.6 Å². The van der Waals surface area contributed by atoms with Crippen LogP contribution in [0.2, 0.25) is 0 Å². The molecular weight excluding hydrogens is 229 g/mol. The van der Waals surface area contributed by atoms with Gasteiger partial charge in [0.2, 0.25) is 5.91 Å². The van der Waals surface area contributed by atoms with Crippen molar-refractivity contribution in [1.82, 2.24) is 0 Å². The van der Waals surface area contributed by atoms with Crippen LogP contribution in [0.1, 0.15) is 24.8 Å². The first kappa shape index (κ1) is 13.0. The Labute approximate surface area is 99.8 Å². The van der Waals surface area contributed by atoms with Crippen molar-refractivity contribution in [3.05, 3.63) is 29.6 Å². The minimum absolute atomic E-state index is 0.173. The predicted octanol–water partition coefficient (Wildman–Crippen LogP) is 3.48. The van der Waals surface area contributed by atoms with Gasteiger partial charge in [-0.2, -0.15) is 0 Å². The molecule has 0 aromatic heterocycles. The second-order valence-corrected chi connectivity index (χ2v) is 4.06. The van der Waals surface area contributed by atoms with Gasteiger partial charge in [0.15, 0.2) is 0 Å². The number of amides is 1. The van der Waals surface area contributed by atoms with E-state index in [9.17, 15) is 9.18 Å². The number of hydrogen-bond acceptors (Lipinski definition) is 1. The fourth-order valence-corrected chi connectivity index (χ4v) is 1.50. The van der Waals surface area contributed by atoms with E-state index in [1.54, 1.807) is 19.1 Å². The van der Waals surface area contributed by atoms with Gasteiger partial charge in [0.1, 0.15) is 5.82 Å². The van der Waals surface area contributed by atoms with Crippen LogP contribution in [0.25, 0.3) is 0 Å². The number of aryl methyl sites for hydroxylation is 1. The first-order valence-corrected chi connectivity index (χ1v) is 5.79. The van der Waals surface area contributed by atoms with Crippen molar-refractivity contribution in [3.63, 3.8) is 0 Å². The van der Waals surface area contributed by atoms with Crippen molar-refractivity contribution in [2.24, 2.45) is 0 Å². The lowest BCUT2D eigenvalue weighted by Crippen LogP contribution is -2.12. The van der Waals surface area contributed by atoms with E-state index in [0.717, 1.165) is 18.4 Å². The molecule has 0 spiro atoms. The number of anilines is 1. The number of rotatable bonds is 5. The molecule has 0 radical (unpaired) electrons. The molecule has 0 saturated heterocycles. The Kier molecular flexibility index (Phi) is 5.26. The zero-order chi connectivity index (χ0) is 12.0. The molecule has 16 heavy (non-hydrogen) atoms. The lowest BCUT2D eigenvalue weighted by atomic mass is 10.2. The molecule has 0 fully saturated rings. The maximum atomic E-state index is 13.4. The Morgan fingerprint density at radius 1 is 1.44 bits per heavy atom. The molecule has 4 heteroatoms. The van der Waals surface area contributed by atoms with E-state index in [4.69, 9.17) is 11.6 Å². The molecule has 0 atom stereocenters. The zero-order valence-corrected chi connectivity index (χ0v) is 9.98. The number of carbonyl (C=O) groups excluding carboxylic acids is 1. The molecule has 1 amide bonds. The van der Waals surface area contributed by atoms with Gasteiger partial charge in [-0.05, 0) is 37.5 Å². The standard InChI is InChI=1S/C12H15ClFNO/c1-9-5-6-11(10(14)8-9)15-12(16)4-2-3-7-13/h5-6,8H,2-4,7H2,1H3,(H,15,16). The van der Waals surface area contributed by atoms with E-state index in [-0.39, 0.29) is 11.6 Å². The van der Waals surface area contributed by atoms with Gasteiger partial charge >= 0.3 is 0 Å². The molecule has 0 aliphatic carbocycles. The molecule has 1 aromatic carbocycles. The Bertz CT molecular complexity index is 368. The maximum Gasteiger partial charge on any atom is 0.224 e. The van der Waals surface area contributed by atoms with Crippen molar-refractivity contribution in [2.45, 2.75) is 26.2 Å². The summed E-state index contributed by atoms with van der Waals surface area (Å²) in [6, 6.07) is 4.73. The van der Waals surface area contributed by atoms with Crippen LogP contribution in [0.5, 0.6) is 0 Å². The molecule has 1 N–H and O–H groups in total. The second kappa shape index (κ2) is 6.48. The molecule has 1 aromatic rings. The van der Waals surface area contributed by atoms with Crippen LogP contribution in [0.15, 0.2) is 18.2 Å². The topological polar surface area (TPSA) is 29.1 Å². The minimum Gasteiger partial charge on any atom is -0.324 e. The van der Waals surface area contributed by atoms with Crippen molar-refractivity contribution >= 4 is 23.2 Å². The minimum atomic E-state index is -0.398. The summed E-state index contributed by atoms with van der Waals surface area (Å²) in [7, 11) is 0. The van der Waals surface area contributed by atoms with Gasteiger partial charge in [0, 0.05) is 12.3 Å². The maximum absolute atomic E-state index is 13.4.